The summed E-state index contributed by atoms with van der Waals surface area (Å²) in [6.07, 6.45) is 0.527. The number of ether oxygens (including phenoxy) is 1. The van der Waals surface area contributed by atoms with Gasteiger partial charge in [0.2, 0.25) is 15.9 Å². The third kappa shape index (κ3) is 5.44. The molecule has 1 heterocycles. The molecule has 1 aliphatic heterocycles. The lowest BCUT2D eigenvalue weighted by Gasteiger charge is -2.37. The predicted molar refractivity (Wildman–Crippen MR) is 119 cm³/mol. The molecule has 1 saturated carbocycles. The molecule has 2 N–H and O–H groups in total. The summed E-state index contributed by atoms with van der Waals surface area (Å²) in [4.78, 5) is 14.2. The number of likely N-dealkylation sites (N-methyl/N-ethyl adjacent to an activating group) is 1. The zero-order valence-corrected chi connectivity index (χ0v) is 19.8. The number of fused-ring (bicyclic) bond motifs is 1. The van der Waals surface area contributed by atoms with E-state index in [2.05, 4.69) is 11.8 Å². The van der Waals surface area contributed by atoms with Crippen LogP contribution in [0.1, 0.15) is 39.2 Å². The quantitative estimate of drug-likeness (QED) is 0.631. The summed E-state index contributed by atoms with van der Waals surface area (Å²) in [5.41, 5.74) is 0.510. The first-order valence-electron chi connectivity index (χ1n) is 10.9. The van der Waals surface area contributed by atoms with Crippen LogP contribution in [0, 0.1) is 23.7 Å². The molecular formula is C23H32N2O6S. The van der Waals surface area contributed by atoms with Crippen LogP contribution < -0.4 is 4.74 Å². The number of hydrogen-bond donors (Lipinski definition) is 2. The van der Waals surface area contributed by atoms with Gasteiger partial charge in [-0.25, -0.2) is 8.42 Å². The second kappa shape index (κ2) is 9.79. The maximum Gasteiger partial charge on any atom is 0.247 e. The van der Waals surface area contributed by atoms with Crippen molar-refractivity contribution in [2.24, 2.45) is 11.8 Å². The number of carbonyl (C=O) groups excluding carboxylic acids is 1. The number of rotatable bonds is 5. The van der Waals surface area contributed by atoms with E-state index in [1.54, 1.807) is 37.9 Å². The van der Waals surface area contributed by atoms with Crippen molar-refractivity contribution in [2.45, 2.75) is 56.8 Å². The van der Waals surface area contributed by atoms with Gasteiger partial charge in [0, 0.05) is 37.0 Å². The second-order valence-electron chi connectivity index (χ2n) is 8.84. The van der Waals surface area contributed by atoms with Gasteiger partial charge in [-0.2, -0.15) is 4.31 Å². The Labute approximate surface area is 190 Å². The Balaban J connectivity index is 2.03. The highest BCUT2D eigenvalue weighted by Crippen LogP contribution is 2.35. The SMILES string of the molecule is C[C@H](O)C#Cc1ccc2c(c1)O[C@@H](CN(C)C(=O)C1CC1)[C@H](C)CN([C@H](C)CO)S2(=O)=O. The van der Waals surface area contributed by atoms with E-state index in [1.165, 1.54) is 10.4 Å². The van der Waals surface area contributed by atoms with Crippen molar-refractivity contribution >= 4 is 15.9 Å². The molecule has 32 heavy (non-hydrogen) atoms. The molecule has 176 valence electrons. The van der Waals surface area contributed by atoms with Gasteiger partial charge in [-0.15, -0.1) is 0 Å². The van der Waals surface area contributed by atoms with Crippen LogP contribution in [-0.4, -0.2) is 78.7 Å². The Morgan fingerprint density at radius 2 is 2.03 bits per heavy atom. The fourth-order valence-corrected chi connectivity index (χ4v) is 5.54. The van der Waals surface area contributed by atoms with Gasteiger partial charge < -0.3 is 19.8 Å². The van der Waals surface area contributed by atoms with E-state index in [4.69, 9.17) is 4.74 Å². The Hall–Kier alpha value is -2.12. The number of carbonyl (C=O) groups is 1. The molecule has 8 nitrogen and oxygen atoms in total. The summed E-state index contributed by atoms with van der Waals surface area (Å²) in [6.45, 7) is 5.25. The Morgan fingerprint density at radius 1 is 1.34 bits per heavy atom. The highest BCUT2D eigenvalue weighted by Gasteiger charge is 2.39. The molecule has 4 atom stereocenters. The summed E-state index contributed by atoms with van der Waals surface area (Å²) in [7, 11) is -2.19. The average molecular weight is 465 g/mol. The number of aliphatic hydroxyl groups is 2. The van der Waals surface area contributed by atoms with Crippen LogP contribution in [-0.2, 0) is 14.8 Å². The topological polar surface area (TPSA) is 107 Å². The third-order valence-electron chi connectivity index (χ3n) is 5.85. The van der Waals surface area contributed by atoms with Crippen LogP contribution in [0.25, 0.3) is 0 Å². The molecule has 3 rings (SSSR count). The minimum atomic E-state index is -3.94. The van der Waals surface area contributed by atoms with E-state index in [1.807, 2.05) is 6.92 Å². The van der Waals surface area contributed by atoms with Gasteiger partial charge >= 0.3 is 0 Å². The standard InChI is InChI=1S/C23H32N2O6S/c1-15-12-25(16(2)14-26)32(29,30)22-10-7-18(6-5-17(3)27)11-20(22)31-21(15)13-24(4)23(28)19-8-9-19/h7,10-11,15-17,19,21,26-27H,8-9,12-14H2,1-4H3/t15-,16-,17+,21+/m1/s1. The van der Waals surface area contributed by atoms with Crippen molar-refractivity contribution in [1.82, 2.24) is 9.21 Å². The second-order valence-corrected chi connectivity index (χ2v) is 10.7. The molecule has 1 fully saturated rings. The molecular weight excluding hydrogens is 432 g/mol. The van der Waals surface area contributed by atoms with Crippen molar-refractivity contribution < 1.29 is 28.2 Å². The summed E-state index contributed by atoms with van der Waals surface area (Å²) in [5.74, 6) is 5.52. The van der Waals surface area contributed by atoms with E-state index in [0.29, 0.717) is 12.1 Å². The van der Waals surface area contributed by atoms with E-state index in [9.17, 15) is 23.4 Å². The van der Waals surface area contributed by atoms with Gasteiger partial charge in [-0.05, 0) is 44.9 Å². The van der Waals surface area contributed by atoms with Crippen LogP contribution in [0.3, 0.4) is 0 Å². The van der Waals surface area contributed by atoms with E-state index < -0.39 is 28.3 Å². The van der Waals surface area contributed by atoms with Gasteiger partial charge in [-0.1, -0.05) is 18.8 Å². The summed E-state index contributed by atoms with van der Waals surface area (Å²) in [5, 5.41) is 19.2. The van der Waals surface area contributed by atoms with Crippen molar-refractivity contribution in [1.29, 1.82) is 0 Å². The van der Waals surface area contributed by atoms with Crippen molar-refractivity contribution in [2.75, 3.05) is 26.7 Å². The van der Waals surface area contributed by atoms with Crippen LogP contribution >= 0.6 is 0 Å². The zero-order valence-electron chi connectivity index (χ0n) is 19.0. The van der Waals surface area contributed by atoms with E-state index >= 15 is 0 Å². The first kappa shape index (κ1) is 24.5. The molecule has 2 aliphatic rings. The van der Waals surface area contributed by atoms with Gasteiger partial charge in [-0.3, -0.25) is 4.79 Å². The monoisotopic (exact) mass is 464 g/mol. The number of hydrogen-bond acceptors (Lipinski definition) is 6. The Morgan fingerprint density at radius 3 is 2.62 bits per heavy atom. The van der Waals surface area contributed by atoms with Crippen LogP contribution in [0.2, 0.25) is 0 Å². The highest BCUT2D eigenvalue weighted by molar-refractivity contribution is 7.89. The van der Waals surface area contributed by atoms with E-state index in [-0.39, 0.29) is 41.5 Å². The fourth-order valence-electron chi connectivity index (χ4n) is 3.71. The first-order chi connectivity index (χ1) is 15.0. The first-order valence-corrected chi connectivity index (χ1v) is 12.4. The molecule has 1 amide bonds. The zero-order chi connectivity index (χ0) is 23.6. The van der Waals surface area contributed by atoms with Crippen molar-refractivity contribution in [3.8, 4) is 17.6 Å². The molecule has 0 radical (unpaired) electrons. The average Bonchev–Trinajstić information content (AvgIpc) is 3.58. The molecule has 0 bridgehead atoms. The smallest absolute Gasteiger partial charge is 0.247 e. The van der Waals surface area contributed by atoms with Crippen LogP contribution in [0.4, 0.5) is 0 Å². The lowest BCUT2D eigenvalue weighted by molar-refractivity contribution is -0.132. The Bertz CT molecular complexity index is 1010. The molecule has 0 saturated heterocycles. The number of sulfonamides is 1. The number of nitrogens with zero attached hydrogens (tertiary/aromatic N) is 2. The summed E-state index contributed by atoms with van der Waals surface area (Å²) in [6, 6.07) is 3.95. The maximum absolute atomic E-state index is 13.4. The summed E-state index contributed by atoms with van der Waals surface area (Å²) >= 11 is 0. The largest absolute Gasteiger partial charge is 0.487 e. The fraction of sp³-hybridized carbons (Fsp3) is 0.609. The molecule has 0 unspecified atom stereocenters. The number of aliphatic hydroxyl groups excluding tert-OH is 2. The molecule has 1 aliphatic carbocycles. The minimum absolute atomic E-state index is 0.00605. The van der Waals surface area contributed by atoms with Crippen LogP contribution in [0.15, 0.2) is 23.1 Å². The molecule has 0 spiro atoms. The van der Waals surface area contributed by atoms with Gasteiger partial charge in [0.15, 0.2) is 0 Å². The molecule has 0 aromatic heterocycles. The van der Waals surface area contributed by atoms with E-state index in [0.717, 1.165) is 12.8 Å². The lowest BCUT2D eigenvalue weighted by atomic mass is 10.0. The number of benzene rings is 1. The lowest BCUT2D eigenvalue weighted by Crippen LogP contribution is -2.50. The highest BCUT2D eigenvalue weighted by atomic mass is 32.2. The van der Waals surface area contributed by atoms with Gasteiger partial charge in [0.25, 0.3) is 0 Å². The molecule has 1 aromatic rings. The number of amides is 1. The molecule has 9 heteroatoms. The summed E-state index contributed by atoms with van der Waals surface area (Å²) < 4.78 is 34.4. The van der Waals surface area contributed by atoms with Crippen molar-refractivity contribution in [3.05, 3.63) is 23.8 Å². The van der Waals surface area contributed by atoms with Gasteiger partial charge in [0.05, 0.1) is 13.2 Å². The predicted octanol–water partition coefficient (Wildman–Crippen LogP) is 1.06. The Kier molecular flexibility index (Phi) is 7.50. The minimum Gasteiger partial charge on any atom is -0.487 e. The normalized spacial score (nSPS) is 24.6. The van der Waals surface area contributed by atoms with Crippen LogP contribution in [0.5, 0.6) is 5.75 Å². The van der Waals surface area contributed by atoms with Gasteiger partial charge in [0.1, 0.15) is 22.9 Å². The maximum atomic E-state index is 13.4. The third-order valence-corrected chi connectivity index (χ3v) is 7.87. The molecule has 1 aromatic carbocycles. The van der Waals surface area contributed by atoms with Crippen molar-refractivity contribution in [3.63, 3.8) is 0 Å².